The average Bonchev–Trinajstić information content (AvgIpc) is 2.62. The van der Waals surface area contributed by atoms with Crippen LogP contribution in [-0.2, 0) is 0 Å². The number of methoxy groups -OCH3 is 1. The van der Waals surface area contributed by atoms with Crippen molar-refractivity contribution in [3.05, 3.63) is 23.8 Å². The van der Waals surface area contributed by atoms with Gasteiger partial charge in [0.05, 0.1) is 7.11 Å². The summed E-state index contributed by atoms with van der Waals surface area (Å²) in [6.45, 7) is 6.40. The van der Waals surface area contributed by atoms with Crippen LogP contribution in [0.5, 0.6) is 5.75 Å². The Morgan fingerprint density at radius 1 is 1.21 bits per heavy atom. The number of rotatable bonds is 3. The monoisotopic (exact) mass is 263 g/mol. The van der Waals surface area contributed by atoms with Crippen LogP contribution in [0.25, 0.3) is 0 Å². The molecule has 1 aliphatic heterocycles. The van der Waals surface area contributed by atoms with Crippen LogP contribution < -0.4 is 15.4 Å². The largest absolute Gasteiger partial charge is 0.496 e. The minimum absolute atomic E-state index is 0.0212. The Kier molecular flexibility index (Phi) is 4.66. The normalized spacial score (nSPS) is 19.1. The van der Waals surface area contributed by atoms with E-state index in [0.29, 0.717) is 0 Å². The van der Waals surface area contributed by atoms with E-state index in [0.717, 1.165) is 37.5 Å². The van der Waals surface area contributed by atoms with Crippen LogP contribution in [0.15, 0.2) is 18.2 Å². The fourth-order valence-corrected chi connectivity index (χ4v) is 2.73. The van der Waals surface area contributed by atoms with Crippen molar-refractivity contribution in [2.75, 3.05) is 45.2 Å². The number of ether oxygens (including phenoxy) is 1. The van der Waals surface area contributed by atoms with Crippen molar-refractivity contribution in [1.29, 1.82) is 0 Å². The molecule has 4 heteroatoms. The van der Waals surface area contributed by atoms with Gasteiger partial charge in [0.25, 0.3) is 0 Å². The second-order valence-corrected chi connectivity index (χ2v) is 5.33. The van der Waals surface area contributed by atoms with Crippen molar-refractivity contribution >= 4 is 5.69 Å². The van der Waals surface area contributed by atoms with Gasteiger partial charge in [-0.15, -0.1) is 0 Å². The number of hydrogen-bond donors (Lipinski definition) is 1. The van der Waals surface area contributed by atoms with Crippen molar-refractivity contribution in [2.45, 2.75) is 19.4 Å². The molecule has 1 aromatic carbocycles. The molecule has 2 N–H and O–H groups in total. The van der Waals surface area contributed by atoms with Crippen LogP contribution >= 0.6 is 0 Å². The lowest BCUT2D eigenvalue weighted by molar-refractivity contribution is 0.360. The van der Waals surface area contributed by atoms with Crippen molar-refractivity contribution in [3.63, 3.8) is 0 Å². The molecule has 1 heterocycles. The lowest BCUT2D eigenvalue weighted by Gasteiger charge is -2.28. The van der Waals surface area contributed by atoms with Crippen LogP contribution in [-0.4, -0.2) is 45.2 Å². The van der Waals surface area contributed by atoms with Gasteiger partial charge < -0.3 is 20.3 Å². The Bertz CT molecular complexity index is 420. The highest BCUT2D eigenvalue weighted by molar-refractivity contribution is 5.60. The zero-order valence-corrected chi connectivity index (χ0v) is 12.2. The highest BCUT2D eigenvalue weighted by atomic mass is 16.5. The maximum Gasteiger partial charge on any atom is 0.125 e. The fraction of sp³-hybridized carbons (Fsp3) is 0.600. The second kappa shape index (κ2) is 6.26. The van der Waals surface area contributed by atoms with Gasteiger partial charge in [-0.2, -0.15) is 0 Å². The molecule has 1 aliphatic rings. The van der Waals surface area contributed by atoms with Gasteiger partial charge in [0.2, 0.25) is 0 Å². The Hall–Kier alpha value is -1.26. The summed E-state index contributed by atoms with van der Waals surface area (Å²) < 4.78 is 5.47. The van der Waals surface area contributed by atoms with Crippen molar-refractivity contribution in [3.8, 4) is 5.75 Å². The molecule has 0 bridgehead atoms. The first kappa shape index (κ1) is 14.2. The van der Waals surface area contributed by atoms with Crippen LogP contribution in [0, 0.1) is 0 Å². The molecular formula is C15H25N3O. The molecule has 0 aliphatic carbocycles. The lowest BCUT2D eigenvalue weighted by atomic mass is 10.0. The van der Waals surface area contributed by atoms with Gasteiger partial charge in [0.15, 0.2) is 0 Å². The molecular weight excluding hydrogens is 238 g/mol. The Labute approximate surface area is 116 Å². The summed E-state index contributed by atoms with van der Waals surface area (Å²) in [6, 6.07) is 6.18. The Morgan fingerprint density at radius 2 is 2.00 bits per heavy atom. The number of likely N-dealkylation sites (N-methyl/N-ethyl adjacent to an activating group) is 1. The first-order chi connectivity index (χ1) is 9.13. The first-order valence-electron chi connectivity index (χ1n) is 6.99. The van der Waals surface area contributed by atoms with E-state index in [4.69, 9.17) is 10.5 Å². The smallest absolute Gasteiger partial charge is 0.125 e. The van der Waals surface area contributed by atoms with Crippen LogP contribution in [0.3, 0.4) is 0 Å². The summed E-state index contributed by atoms with van der Waals surface area (Å²) >= 11 is 0. The van der Waals surface area contributed by atoms with E-state index in [2.05, 4.69) is 29.0 Å². The number of hydrogen-bond acceptors (Lipinski definition) is 4. The molecule has 1 atom stereocenters. The van der Waals surface area contributed by atoms with Crippen LogP contribution in [0.4, 0.5) is 5.69 Å². The van der Waals surface area contributed by atoms with Gasteiger partial charge in [-0.3, -0.25) is 0 Å². The third kappa shape index (κ3) is 3.19. The number of anilines is 1. The van der Waals surface area contributed by atoms with E-state index in [1.807, 2.05) is 13.0 Å². The predicted octanol–water partition coefficient (Wildman–Crippen LogP) is 1.86. The third-order valence-electron chi connectivity index (χ3n) is 3.78. The zero-order valence-electron chi connectivity index (χ0n) is 12.2. The molecule has 0 radical (unpaired) electrons. The van der Waals surface area contributed by atoms with Crippen molar-refractivity contribution in [2.24, 2.45) is 5.73 Å². The summed E-state index contributed by atoms with van der Waals surface area (Å²) in [4.78, 5) is 4.82. The van der Waals surface area contributed by atoms with E-state index in [-0.39, 0.29) is 6.04 Å². The number of nitrogens with two attached hydrogens (primary N) is 1. The minimum atomic E-state index is -0.0212. The van der Waals surface area contributed by atoms with E-state index >= 15 is 0 Å². The lowest BCUT2D eigenvalue weighted by Crippen LogP contribution is -2.30. The SMILES string of the molecule is COc1cccc(N2CCCN(C)CC2)c1[C@@H](C)N. The molecule has 106 valence electrons. The van der Waals surface area contributed by atoms with E-state index in [9.17, 15) is 0 Å². The molecule has 0 unspecified atom stereocenters. The molecule has 0 aromatic heterocycles. The summed E-state index contributed by atoms with van der Waals surface area (Å²) in [5.74, 6) is 0.894. The van der Waals surface area contributed by atoms with E-state index in [1.54, 1.807) is 7.11 Å². The Morgan fingerprint density at radius 3 is 2.68 bits per heavy atom. The number of nitrogens with zero attached hydrogens (tertiary/aromatic N) is 2. The third-order valence-corrected chi connectivity index (χ3v) is 3.78. The van der Waals surface area contributed by atoms with Crippen LogP contribution in [0.2, 0.25) is 0 Å². The van der Waals surface area contributed by atoms with Gasteiger partial charge in [0, 0.05) is 36.9 Å². The molecule has 1 saturated heterocycles. The highest BCUT2D eigenvalue weighted by Gasteiger charge is 2.19. The fourth-order valence-electron chi connectivity index (χ4n) is 2.73. The highest BCUT2D eigenvalue weighted by Crippen LogP contribution is 2.34. The summed E-state index contributed by atoms with van der Waals surface area (Å²) in [7, 11) is 3.89. The molecule has 0 amide bonds. The van der Waals surface area contributed by atoms with Gasteiger partial charge in [-0.05, 0) is 39.1 Å². The second-order valence-electron chi connectivity index (χ2n) is 5.33. The van der Waals surface area contributed by atoms with Gasteiger partial charge >= 0.3 is 0 Å². The molecule has 0 saturated carbocycles. The van der Waals surface area contributed by atoms with Gasteiger partial charge in [-0.25, -0.2) is 0 Å². The standard InChI is InChI=1S/C15H25N3O/c1-12(16)15-13(6-4-7-14(15)19-3)18-9-5-8-17(2)10-11-18/h4,6-7,12H,5,8-11,16H2,1-3H3/t12-/m1/s1. The Balaban J connectivity index is 2.32. The summed E-state index contributed by atoms with van der Waals surface area (Å²) in [5.41, 5.74) is 8.49. The summed E-state index contributed by atoms with van der Waals surface area (Å²) in [6.07, 6.45) is 1.19. The zero-order chi connectivity index (χ0) is 13.8. The van der Waals surface area contributed by atoms with Crippen molar-refractivity contribution in [1.82, 2.24) is 4.90 Å². The quantitative estimate of drug-likeness (QED) is 0.904. The first-order valence-corrected chi connectivity index (χ1v) is 6.99. The minimum Gasteiger partial charge on any atom is -0.496 e. The molecule has 19 heavy (non-hydrogen) atoms. The topological polar surface area (TPSA) is 41.7 Å². The van der Waals surface area contributed by atoms with Crippen molar-refractivity contribution < 1.29 is 4.74 Å². The molecule has 1 fully saturated rings. The maximum atomic E-state index is 6.15. The van der Waals surface area contributed by atoms with E-state index < -0.39 is 0 Å². The number of benzene rings is 1. The van der Waals surface area contributed by atoms with Gasteiger partial charge in [-0.1, -0.05) is 6.07 Å². The summed E-state index contributed by atoms with van der Waals surface area (Å²) in [5, 5.41) is 0. The van der Waals surface area contributed by atoms with Crippen LogP contribution in [0.1, 0.15) is 24.9 Å². The van der Waals surface area contributed by atoms with E-state index in [1.165, 1.54) is 12.1 Å². The predicted molar refractivity (Wildman–Crippen MR) is 79.9 cm³/mol. The molecule has 0 spiro atoms. The molecule has 4 nitrogen and oxygen atoms in total. The average molecular weight is 263 g/mol. The molecule has 1 aromatic rings. The van der Waals surface area contributed by atoms with Gasteiger partial charge in [0.1, 0.15) is 5.75 Å². The molecule has 2 rings (SSSR count). The maximum absolute atomic E-state index is 6.15.